The fourth-order valence-electron chi connectivity index (χ4n) is 2.55. The van der Waals surface area contributed by atoms with E-state index >= 15 is 0 Å². The fraction of sp³-hybridized carbons (Fsp3) is 0.500. The maximum absolute atomic E-state index is 11.0. The molecule has 1 aliphatic rings. The van der Waals surface area contributed by atoms with Crippen LogP contribution in [0.3, 0.4) is 0 Å². The van der Waals surface area contributed by atoms with Crippen molar-refractivity contribution in [1.82, 2.24) is 0 Å². The number of methoxy groups -OCH3 is 1. The van der Waals surface area contributed by atoms with Gasteiger partial charge in [0.2, 0.25) is 0 Å². The zero-order valence-corrected chi connectivity index (χ0v) is 10.6. The third-order valence-corrected chi connectivity index (χ3v) is 3.55. The van der Waals surface area contributed by atoms with E-state index in [0.717, 1.165) is 24.0 Å². The Bertz CT molecular complexity index is 463. The van der Waals surface area contributed by atoms with E-state index in [4.69, 9.17) is 9.84 Å². The molecule has 1 atom stereocenters. The molecule has 1 unspecified atom stereocenters. The van der Waals surface area contributed by atoms with Crippen LogP contribution in [-0.4, -0.2) is 23.3 Å². The molecule has 0 heterocycles. The Morgan fingerprint density at radius 1 is 1.50 bits per heavy atom. The topological polar surface area (TPSA) is 66.8 Å². The first-order valence-electron chi connectivity index (χ1n) is 6.12. The molecule has 0 amide bonds. The van der Waals surface area contributed by atoms with Crippen LogP contribution in [-0.2, 0) is 4.79 Å². The SMILES string of the molecule is COc1c(O)ccc(C)c1C(CC(=O)O)C1CC1. The predicted molar refractivity (Wildman–Crippen MR) is 67.1 cm³/mol. The van der Waals surface area contributed by atoms with Crippen molar-refractivity contribution in [3.05, 3.63) is 23.3 Å². The van der Waals surface area contributed by atoms with E-state index in [2.05, 4.69) is 0 Å². The van der Waals surface area contributed by atoms with Crippen LogP contribution in [0.4, 0.5) is 0 Å². The summed E-state index contributed by atoms with van der Waals surface area (Å²) in [6.07, 6.45) is 2.19. The van der Waals surface area contributed by atoms with Gasteiger partial charge in [-0.25, -0.2) is 0 Å². The first-order chi connectivity index (χ1) is 8.54. The smallest absolute Gasteiger partial charge is 0.303 e. The Kier molecular flexibility index (Phi) is 3.45. The number of phenols is 1. The lowest BCUT2D eigenvalue weighted by Crippen LogP contribution is -2.11. The van der Waals surface area contributed by atoms with Crippen LogP contribution in [0.25, 0.3) is 0 Å². The van der Waals surface area contributed by atoms with E-state index in [1.165, 1.54) is 7.11 Å². The number of carboxylic acids is 1. The molecular formula is C14H18O4. The molecule has 0 bridgehead atoms. The van der Waals surface area contributed by atoms with E-state index in [0.29, 0.717) is 11.7 Å². The van der Waals surface area contributed by atoms with Crippen molar-refractivity contribution in [3.8, 4) is 11.5 Å². The molecule has 0 radical (unpaired) electrons. The van der Waals surface area contributed by atoms with E-state index in [1.807, 2.05) is 13.0 Å². The fourth-order valence-corrected chi connectivity index (χ4v) is 2.55. The Morgan fingerprint density at radius 3 is 2.67 bits per heavy atom. The van der Waals surface area contributed by atoms with Crippen LogP contribution in [0.1, 0.15) is 36.3 Å². The standard InChI is InChI=1S/C14H18O4/c1-8-3-6-11(15)14(18-2)13(8)10(7-12(16)17)9-4-5-9/h3,6,9-10,15H,4-5,7H2,1-2H3,(H,16,17). The molecule has 2 N–H and O–H groups in total. The van der Waals surface area contributed by atoms with Crippen molar-refractivity contribution in [2.45, 2.75) is 32.1 Å². The van der Waals surface area contributed by atoms with E-state index < -0.39 is 5.97 Å². The second kappa shape index (κ2) is 4.88. The minimum absolute atomic E-state index is 0.0652. The molecule has 98 valence electrons. The molecular weight excluding hydrogens is 232 g/mol. The molecule has 0 spiro atoms. The highest BCUT2D eigenvalue weighted by atomic mass is 16.5. The third-order valence-electron chi connectivity index (χ3n) is 3.55. The van der Waals surface area contributed by atoms with Crippen LogP contribution in [0.15, 0.2) is 12.1 Å². The van der Waals surface area contributed by atoms with Crippen molar-refractivity contribution < 1.29 is 19.7 Å². The number of hydrogen-bond acceptors (Lipinski definition) is 3. The van der Waals surface area contributed by atoms with Crippen molar-refractivity contribution in [3.63, 3.8) is 0 Å². The molecule has 1 saturated carbocycles. The summed E-state index contributed by atoms with van der Waals surface area (Å²) in [5.41, 5.74) is 1.82. The lowest BCUT2D eigenvalue weighted by atomic mass is 9.87. The minimum atomic E-state index is -0.809. The highest BCUT2D eigenvalue weighted by Crippen LogP contribution is 2.49. The molecule has 1 aliphatic carbocycles. The normalized spacial score (nSPS) is 16.3. The Hall–Kier alpha value is -1.71. The largest absolute Gasteiger partial charge is 0.504 e. The maximum Gasteiger partial charge on any atom is 0.303 e. The number of benzene rings is 1. The van der Waals surface area contributed by atoms with Crippen molar-refractivity contribution in [2.24, 2.45) is 5.92 Å². The summed E-state index contributed by atoms with van der Waals surface area (Å²) < 4.78 is 5.25. The second-order valence-electron chi connectivity index (χ2n) is 4.89. The zero-order chi connectivity index (χ0) is 13.3. The van der Waals surface area contributed by atoms with Gasteiger partial charge in [0, 0.05) is 11.5 Å². The van der Waals surface area contributed by atoms with Gasteiger partial charge in [0.1, 0.15) is 0 Å². The van der Waals surface area contributed by atoms with Gasteiger partial charge in [-0.1, -0.05) is 6.07 Å². The zero-order valence-electron chi connectivity index (χ0n) is 10.6. The lowest BCUT2D eigenvalue weighted by molar-refractivity contribution is -0.137. The summed E-state index contributed by atoms with van der Waals surface area (Å²) in [4.78, 5) is 11.0. The van der Waals surface area contributed by atoms with Crippen molar-refractivity contribution >= 4 is 5.97 Å². The summed E-state index contributed by atoms with van der Waals surface area (Å²) in [5, 5.41) is 18.9. The van der Waals surface area contributed by atoms with E-state index in [-0.39, 0.29) is 18.1 Å². The molecule has 0 aromatic heterocycles. The quantitative estimate of drug-likeness (QED) is 0.843. The number of ether oxygens (including phenoxy) is 1. The van der Waals surface area contributed by atoms with Gasteiger partial charge in [-0.2, -0.15) is 0 Å². The number of aliphatic carboxylic acids is 1. The number of hydrogen-bond donors (Lipinski definition) is 2. The number of rotatable bonds is 5. The summed E-state index contributed by atoms with van der Waals surface area (Å²) in [7, 11) is 1.50. The molecule has 0 saturated heterocycles. The molecule has 2 rings (SSSR count). The second-order valence-corrected chi connectivity index (χ2v) is 4.89. The van der Waals surface area contributed by atoms with Crippen LogP contribution >= 0.6 is 0 Å². The molecule has 1 aromatic carbocycles. The molecule has 1 fully saturated rings. The highest BCUT2D eigenvalue weighted by molar-refractivity contribution is 5.69. The minimum Gasteiger partial charge on any atom is -0.504 e. The van der Waals surface area contributed by atoms with Gasteiger partial charge < -0.3 is 14.9 Å². The Morgan fingerprint density at radius 2 is 2.17 bits per heavy atom. The number of aryl methyl sites for hydroxylation is 1. The van der Waals surface area contributed by atoms with Crippen LogP contribution in [0.2, 0.25) is 0 Å². The third kappa shape index (κ3) is 2.42. The molecule has 4 heteroatoms. The lowest BCUT2D eigenvalue weighted by Gasteiger charge is -2.21. The van der Waals surface area contributed by atoms with Crippen LogP contribution < -0.4 is 4.74 Å². The molecule has 1 aromatic rings. The average Bonchev–Trinajstić information content (AvgIpc) is 3.13. The van der Waals surface area contributed by atoms with Gasteiger partial charge in [-0.15, -0.1) is 0 Å². The van der Waals surface area contributed by atoms with Crippen molar-refractivity contribution in [2.75, 3.05) is 7.11 Å². The number of phenolic OH excluding ortho intramolecular Hbond substituents is 1. The molecule has 0 aliphatic heterocycles. The van der Waals surface area contributed by atoms with Gasteiger partial charge >= 0.3 is 5.97 Å². The molecule has 18 heavy (non-hydrogen) atoms. The summed E-state index contributed by atoms with van der Waals surface area (Å²) in [6, 6.07) is 3.40. The van der Waals surface area contributed by atoms with Gasteiger partial charge in [-0.05, 0) is 37.3 Å². The number of carboxylic acid groups (broad SMARTS) is 1. The van der Waals surface area contributed by atoms with Gasteiger partial charge in [0.05, 0.1) is 13.5 Å². The summed E-state index contributed by atoms with van der Waals surface area (Å²) in [5.74, 6) is 0.0269. The first-order valence-corrected chi connectivity index (χ1v) is 6.12. The number of carbonyl (C=O) groups is 1. The Balaban J connectivity index is 2.45. The molecule has 4 nitrogen and oxygen atoms in total. The monoisotopic (exact) mass is 250 g/mol. The summed E-state index contributed by atoms with van der Waals surface area (Å²) >= 11 is 0. The van der Waals surface area contributed by atoms with Crippen LogP contribution in [0.5, 0.6) is 11.5 Å². The first kappa shape index (κ1) is 12.7. The predicted octanol–water partition coefficient (Wildman–Crippen LogP) is 2.68. The van der Waals surface area contributed by atoms with E-state index in [1.54, 1.807) is 6.07 Å². The van der Waals surface area contributed by atoms with Crippen LogP contribution in [0, 0.1) is 12.8 Å². The average molecular weight is 250 g/mol. The Labute approximate surface area is 106 Å². The maximum atomic E-state index is 11.0. The van der Waals surface area contributed by atoms with Crippen molar-refractivity contribution in [1.29, 1.82) is 0 Å². The number of aromatic hydroxyl groups is 1. The van der Waals surface area contributed by atoms with Gasteiger partial charge in [-0.3, -0.25) is 4.79 Å². The van der Waals surface area contributed by atoms with E-state index in [9.17, 15) is 9.90 Å². The highest BCUT2D eigenvalue weighted by Gasteiger charge is 2.36. The summed E-state index contributed by atoms with van der Waals surface area (Å²) in [6.45, 7) is 1.93. The van der Waals surface area contributed by atoms with Gasteiger partial charge in [0.25, 0.3) is 0 Å². The van der Waals surface area contributed by atoms with Gasteiger partial charge in [0.15, 0.2) is 11.5 Å².